The van der Waals surface area contributed by atoms with Crippen LogP contribution >= 0.6 is 0 Å². The van der Waals surface area contributed by atoms with Crippen LogP contribution in [0.25, 0.3) is 0 Å². The summed E-state index contributed by atoms with van der Waals surface area (Å²) in [6, 6.07) is -0.745. The third kappa shape index (κ3) is 0.974. The molecule has 0 heterocycles. The van der Waals surface area contributed by atoms with Gasteiger partial charge in [-0.25, -0.2) is 0 Å². The van der Waals surface area contributed by atoms with Gasteiger partial charge >= 0.3 is 0 Å². The fourth-order valence-electron chi connectivity index (χ4n) is 0.837. The molecule has 2 N–H and O–H groups in total. The molecule has 0 aromatic rings. The summed E-state index contributed by atoms with van der Waals surface area (Å²) in [4.78, 5) is 31.7. The first kappa shape index (κ1) is 7.08. The van der Waals surface area contributed by atoms with Crippen molar-refractivity contribution in [1.29, 1.82) is 0 Å². The summed E-state index contributed by atoms with van der Waals surface area (Å²) in [7, 11) is 0. The molecule has 4 nitrogen and oxygen atoms in total. The van der Waals surface area contributed by atoms with E-state index in [4.69, 9.17) is 5.73 Å². The highest BCUT2D eigenvalue weighted by molar-refractivity contribution is 6.65. The second kappa shape index (κ2) is 2.30. The fraction of sp³-hybridized carbons (Fsp3) is 0.500. The van der Waals surface area contributed by atoms with Gasteiger partial charge in [-0.15, -0.1) is 0 Å². The predicted octanol–water partition coefficient (Wildman–Crippen LogP) is -1.19. The number of Topliss-reactive ketones (excluding diaryl/α,β-unsaturated/α-hetero) is 3. The number of hydrogen-bond donors (Lipinski definition) is 1. The molecular weight excluding hydrogens is 134 g/mol. The highest BCUT2D eigenvalue weighted by atomic mass is 16.2. The molecule has 1 rings (SSSR count). The van der Waals surface area contributed by atoms with E-state index in [0.717, 1.165) is 0 Å². The summed E-state index contributed by atoms with van der Waals surface area (Å²) >= 11 is 0. The maximum absolute atomic E-state index is 10.6. The van der Waals surface area contributed by atoms with Gasteiger partial charge < -0.3 is 5.73 Å². The summed E-state index contributed by atoms with van der Waals surface area (Å²) in [5.74, 6) is -2.28. The minimum absolute atomic E-state index is 0.117. The summed E-state index contributed by atoms with van der Waals surface area (Å²) in [5.41, 5.74) is 5.21. The Morgan fingerprint density at radius 3 is 2.40 bits per heavy atom. The van der Waals surface area contributed by atoms with Gasteiger partial charge in [-0.05, 0) is 6.42 Å². The van der Waals surface area contributed by atoms with Crippen LogP contribution in [0.1, 0.15) is 12.8 Å². The highest BCUT2D eigenvalue weighted by Crippen LogP contribution is 2.06. The van der Waals surface area contributed by atoms with Crippen LogP contribution in [-0.2, 0) is 14.4 Å². The molecule has 4 heteroatoms. The monoisotopic (exact) mass is 141 g/mol. The van der Waals surface area contributed by atoms with E-state index in [9.17, 15) is 14.4 Å². The minimum Gasteiger partial charge on any atom is -0.321 e. The van der Waals surface area contributed by atoms with Gasteiger partial charge in [0.2, 0.25) is 11.6 Å². The molecule has 1 fully saturated rings. The van der Waals surface area contributed by atoms with Crippen LogP contribution in [0.2, 0.25) is 0 Å². The lowest BCUT2D eigenvalue weighted by Gasteiger charge is -2.12. The zero-order chi connectivity index (χ0) is 7.72. The van der Waals surface area contributed by atoms with E-state index in [1.165, 1.54) is 0 Å². The van der Waals surface area contributed by atoms with Gasteiger partial charge in [0.05, 0.1) is 6.04 Å². The highest BCUT2D eigenvalue weighted by Gasteiger charge is 2.32. The van der Waals surface area contributed by atoms with Crippen molar-refractivity contribution in [1.82, 2.24) is 0 Å². The van der Waals surface area contributed by atoms with E-state index >= 15 is 0 Å². The molecular formula is C6H7NO3. The topological polar surface area (TPSA) is 77.2 Å². The fourth-order valence-corrected chi connectivity index (χ4v) is 0.837. The summed E-state index contributed by atoms with van der Waals surface area (Å²) in [5, 5.41) is 0. The van der Waals surface area contributed by atoms with Crippen molar-refractivity contribution in [2.24, 2.45) is 5.73 Å². The quantitative estimate of drug-likeness (QED) is 0.430. The molecule has 1 atom stereocenters. The number of carbonyl (C=O) groups is 3. The van der Waals surface area contributed by atoms with Gasteiger partial charge in [-0.1, -0.05) is 0 Å². The lowest BCUT2D eigenvalue weighted by molar-refractivity contribution is -0.146. The smallest absolute Gasteiger partial charge is 0.265 e. The van der Waals surface area contributed by atoms with Crippen LogP contribution < -0.4 is 5.73 Å². The lowest BCUT2D eigenvalue weighted by Crippen LogP contribution is -2.44. The molecule has 0 saturated heterocycles. The standard InChI is InChI=1S/C6H7NO3/c7-3-1-2-4(8)6(10)5(3)9/h3H,1-2,7H2/t3-/m0/s1. The van der Waals surface area contributed by atoms with Crippen molar-refractivity contribution in [3.05, 3.63) is 0 Å². The second-order valence-corrected chi connectivity index (χ2v) is 2.26. The number of ketones is 3. The first-order valence-corrected chi connectivity index (χ1v) is 3.00. The van der Waals surface area contributed by atoms with Crippen molar-refractivity contribution in [2.45, 2.75) is 18.9 Å². The summed E-state index contributed by atoms with van der Waals surface area (Å²) in [6.07, 6.45) is 0.426. The van der Waals surface area contributed by atoms with E-state index in [-0.39, 0.29) is 6.42 Å². The Balaban J connectivity index is 2.80. The zero-order valence-corrected chi connectivity index (χ0v) is 5.29. The van der Waals surface area contributed by atoms with Gasteiger partial charge in [0.25, 0.3) is 5.78 Å². The molecule has 1 aliphatic carbocycles. The van der Waals surface area contributed by atoms with Gasteiger partial charge in [-0.3, -0.25) is 14.4 Å². The Hall–Kier alpha value is -1.03. The molecule has 1 aliphatic rings. The summed E-state index contributed by atoms with van der Waals surface area (Å²) in [6.45, 7) is 0. The number of hydrogen-bond acceptors (Lipinski definition) is 4. The average Bonchev–Trinajstić information content (AvgIpc) is 1.93. The van der Waals surface area contributed by atoms with Gasteiger partial charge in [0.15, 0.2) is 0 Å². The zero-order valence-electron chi connectivity index (χ0n) is 5.29. The minimum atomic E-state index is -0.932. The molecule has 0 unspecified atom stereocenters. The maximum Gasteiger partial charge on any atom is 0.265 e. The molecule has 0 bridgehead atoms. The van der Waals surface area contributed by atoms with E-state index in [0.29, 0.717) is 6.42 Å². The number of rotatable bonds is 0. The molecule has 10 heavy (non-hydrogen) atoms. The predicted molar refractivity (Wildman–Crippen MR) is 32.2 cm³/mol. The second-order valence-electron chi connectivity index (χ2n) is 2.26. The van der Waals surface area contributed by atoms with Crippen molar-refractivity contribution in [2.75, 3.05) is 0 Å². The SMILES string of the molecule is N[C@H]1CCC(=O)C(=O)C1=O. The van der Waals surface area contributed by atoms with Crippen molar-refractivity contribution in [3.8, 4) is 0 Å². The van der Waals surface area contributed by atoms with Crippen LogP contribution in [0.15, 0.2) is 0 Å². The Morgan fingerprint density at radius 2 is 1.90 bits per heavy atom. The van der Waals surface area contributed by atoms with E-state index in [1.54, 1.807) is 0 Å². The van der Waals surface area contributed by atoms with E-state index in [2.05, 4.69) is 0 Å². The van der Waals surface area contributed by atoms with E-state index in [1.807, 2.05) is 0 Å². The Labute approximate surface area is 57.4 Å². The van der Waals surface area contributed by atoms with Crippen LogP contribution in [-0.4, -0.2) is 23.4 Å². The van der Waals surface area contributed by atoms with Crippen molar-refractivity contribution >= 4 is 17.3 Å². The first-order valence-electron chi connectivity index (χ1n) is 3.00. The van der Waals surface area contributed by atoms with Crippen molar-refractivity contribution < 1.29 is 14.4 Å². The molecule has 0 aromatic carbocycles. The normalized spacial score (nSPS) is 27.3. The largest absolute Gasteiger partial charge is 0.321 e. The molecule has 0 aromatic heterocycles. The van der Waals surface area contributed by atoms with Gasteiger partial charge in [-0.2, -0.15) is 0 Å². The molecule has 54 valence electrons. The number of nitrogens with two attached hydrogens (primary N) is 1. The Bertz CT molecular complexity index is 209. The summed E-state index contributed by atoms with van der Waals surface area (Å²) < 4.78 is 0. The van der Waals surface area contributed by atoms with Crippen LogP contribution in [0, 0.1) is 0 Å². The molecule has 0 radical (unpaired) electrons. The van der Waals surface area contributed by atoms with Crippen LogP contribution in [0.5, 0.6) is 0 Å². The third-order valence-corrected chi connectivity index (χ3v) is 1.50. The van der Waals surface area contributed by atoms with Crippen LogP contribution in [0.4, 0.5) is 0 Å². The van der Waals surface area contributed by atoms with Gasteiger partial charge in [0.1, 0.15) is 0 Å². The molecule has 0 amide bonds. The third-order valence-electron chi connectivity index (χ3n) is 1.50. The van der Waals surface area contributed by atoms with E-state index < -0.39 is 23.4 Å². The molecule has 0 aliphatic heterocycles. The Kier molecular flexibility index (Phi) is 1.63. The molecule has 1 saturated carbocycles. The van der Waals surface area contributed by atoms with Crippen molar-refractivity contribution in [3.63, 3.8) is 0 Å². The average molecular weight is 141 g/mol. The van der Waals surface area contributed by atoms with Gasteiger partial charge in [0, 0.05) is 6.42 Å². The maximum atomic E-state index is 10.6. The molecule has 0 spiro atoms. The Morgan fingerprint density at radius 1 is 1.30 bits per heavy atom. The number of carbonyl (C=O) groups excluding carboxylic acids is 3. The van der Waals surface area contributed by atoms with Crippen LogP contribution in [0.3, 0.4) is 0 Å². The lowest BCUT2D eigenvalue weighted by atomic mass is 9.93. The first-order chi connectivity index (χ1) is 4.63.